The monoisotopic (exact) mass is 336 g/mol. The molecule has 0 aliphatic heterocycles. The Labute approximate surface area is 138 Å². The summed E-state index contributed by atoms with van der Waals surface area (Å²) in [6, 6.07) is 1.28. The van der Waals surface area contributed by atoms with Gasteiger partial charge in [-0.05, 0) is 20.3 Å². The van der Waals surface area contributed by atoms with Crippen molar-refractivity contribution in [2.45, 2.75) is 46.1 Å². The van der Waals surface area contributed by atoms with Crippen LogP contribution >= 0.6 is 11.3 Å². The van der Waals surface area contributed by atoms with Crippen LogP contribution in [0.3, 0.4) is 0 Å². The molecule has 2 aromatic rings. The highest BCUT2D eigenvalue weighted by Crippen LogP contribution is 2.28. The molecule has 0 aliphatic rings. The summed E-state index contributed by atoms with van der Waals surface area (Å²) < 4.78 is 5.41. The van der Waals surface area contributed by atoms with Gasteiger partial charge in [0, 0.05) is 23.6 Å². The van der Waals surface area contributed by atoms with Crippen LogP contribution in [0.2, 0.25) is 0 Å². The minimum absolute atomic E-state index is 0.00667. The Bertz CT molecular complexity index is 734. The Balaban J connectivity index is 2.28. The number of hydrogen-bond donors (Lipinski definition) is 2. The van der Waals surface area contributed by atoms with Gasteiger partial charge in [-0.1, -0.05) is 13.8 Å². The molecule has 0 radical (unpaired) electrons. The zero-order chi connectivity index (χ0) is 17.2. The summed E-state index contributed by atoms with van der Waals surface area (Å²) in [7, 11) is 0. The topological polar surface area (TPSA) is 92.4 Å². The van der Waals surface area contributed by atoms with Crippen LogP contribution in [0.1, 0.15) is 64.6 Å². The second-order valence-electron chi connectivity index (χ2n) is 5.54. The fraction of sp³-hybridized carbons (Fsp3) is 0.438. The number of rotatable bonds is 6. The van der Waals surface area contributed by atoms with E-state index in [0.29, 0.717) is 18.6 Å². The van der Waals surface area contributed by atoms with E-state index in [1.807, 2.05) is 26.2 Å². The Hall–Kier alpha value is -2.15. The molecule has 6 nitrogen and oxygen atoms in total. The van der Waals surface area contributed by atoms with Gasteiger partial charge in [0.1, 0.15) is 16.3 Å². The first-order chi connectivity index (χ1) is 10.8. The highest BCUT2D eigenvalue weighted by molar-refractivity contribution is 7.09. The lowest BCUT2D eigenvalue weighted by Crippen LogP contribution is -2.42. The van der Waals surface area contributed by atoms with Crippen molar-refractivity contribution in [1.29, 1.82) is 0 Å². The molecule has 2 rings (SSSR count). The molecule has 2 aromatic heterocycles. The minimum Gasteiger partial charge on any atom is -0.478 e. The molecule has 7 heteroatoms. The summed E-state index contributed by atoms with van der Waals surface area (Å²) in [6.45, 7) is 7.53. The molecule has 0 fully saturated rings. The van der Waals surface area contributed by atoms with Gasteiger partial charge in [0.05, 0.1) is 5.54 Å². The lowest BCUT2D eigenvalue weighted by molar-refractivity contribution is 0.0694. The van der Waals surface area contributed by atoms with Crippen LogP contribution in [0.5, 0.6) is 0 Å². The maximum absolute atomic E-state index is 12.5. The van der Waals surface area contributed by atoms with E-state index in [2.05, 4.69) is 10.3 Å². The first-order valence-corrected chi connectivity index (χ1v) is 8.29. The van der Waals surface area contributed by atoms with E-state index in [-0.39, 0.29) is 11.3 Å². The lowest BCUT2D eigenvalue weighted by atomic mass is 9.99. The van der Waals surface area contributed by atoms with Crippen molar-refractivity contribution in [1.82, 2.24) is 10.3 Å². The van der Waals surface area contributed by atoms with E-state index in [1.54, 1.807) is 6.92 Å². The number of nitrogens with one attached hydrogen (secondary N) is 1. The van der Waals surface area contributed by atoms with Crippen LogP contribution in [0.4, 0.5) is 0 Å². The van der Waals surface area contributed by atoms with Gasteiger partial charge in [-0.2, -0.15) is 0 Å². The molecule has 1 unspecified atom stereocenters. The lowest BCUT2D eigenvalue weighted by Gasteiger charge is -2.26. The van der Waals surface area contributed by atoms with E-state index in [0.717, 1.165) is 10.7 Å². The predicted molar refractivity (Wildman–Crippen MR) is 87.0 cm³/mol. The van der Waals surface area contributed by atoms with Crippen molar-refractivity contribution < 1.29 is 19.1 Å². The van der Waals surface area contributed by atoms with E-state index in [1.165, 1.54) is 17.4 Å². The summed E-state index contributed by atoms with van der Waals surface area (Å²) in [5, 5.41) is 14.8. The molecule has 0 saturated carbocycles. The van der Waals surface area contributed by atoms with Crippen molar-refractivity contribution in [2.75, 3.05) is 0 Å². The Morgan fingerprint density at radius 1 is 1.43 bits per heavy atom. The fourth-order valence-electron chi connectivity index (χ4n) is 2.20. The van der Waals surface area contributed by atoms with Crippen molar-refractivity contribution in [3.63, 3.8) is 0 Å². The maximum Gasteiger partial charge on any atom is 0.339 e. The zero-order valence-corrected chi connectivity index (χ0v) is 14.4. The van der Waals surface area contributed by atoms with Crippen molar-refractivity contribution in [3.05, 3.63) is 39.2 Å². The molecule has 0 aromatic carbocycles. The molecule has 2 N–H and O–H groups in total. The number of carboxylic acids is 1. The van der Waals surface area contributed by atoms with Gasteiger partial charge >= 0.3 is 5.97 Å². The normalized spacial score (nSPS) is 13.6. The standard InChI is InChI=1S/C16H20N2O4S/c1-5-11-10(14(20)21)7-12(22-11)13(19)18-16(4,6-2)15-17-9(3)8-23-15/h7-8H,5-6H2,1-4H3,(H,18,19)(H,20,21). The van der Waals surface area contributed by atoms with Gasteiger partial charge < -0.3 is 14.8 Å². The largest absolute Gasteiger partial charge is 0.478 e. The molecule has 0 bridgehead atoms. The first kappa shape index (κ1) is 17.2. The van der Waals surface area contributed by atoms with Crippen molar-refractivity contribution >= 4 is 23.2 Å². The number of carboxylic acid groups (broad SMARTS) is 1. The number of aromatic nitrogens is 1. The third-order valence-corrected chi connectivity index (χ3v) is 5.00. The summed E-state index contributed by atoms with van der Waals surface area (Å²) in [5.74, 6) is -1.24. The van der Waals surface area contributed by atoms with Gasteiger partial charge in [0.2, 0.25) is 0 Å². The number of hydrogen-bond acceptors (Lipinski definition) is 5. The minimum atomic E-state index is -1.10. The molecule has 0 spiro atoms. The van der Waals surface area contributed by atoms with Crippen LogP contribution < -0.4 is 5.32 Å². The Kier molecular flexibility index (Phi) is 4.89. The third-order valence-electron chi connectivity index (χ3n) is 3.77. The van der Waals surface area contributed by atoms with E-state index >= 15 is 0 Å². The zero-order valence-electron chi connectivity index (χ0n) is 13.6. The summed E-state index contributed by atoms with van der Waals surface area (Å²) in [6.07, 6.45) is 1.06. The van der Waals surface area contributed by atoms with Gasteiger partial charge in [-0.15, -0.1) is 11.3 Å². The summed E-state index contributed by atoms with van der Waals surface area (Å²) >= 11 is 1.49. The van der Waals surface area contributed by atoms with E-state index < -0.39 is 17.4 Å². The average Bonchev–Trinajstić information content (AvgIpc) is 3.13. The number of aryl methyl sites for hydroxylation is 2. The van der Waals surface area contributed by atoms with Crippen LogP contribution in [-0.4, -0.2) is 22.0 Å². The van der Waals surface area contributed by atoms with E-state index in [9.17, 15) is 9.59 Å². The Morgan fingerprint density at radius 3 is 2.57 bits per heavy atom. The maximum atomic E-state index is 12.5. The number of aromatic carboxylic acids is 1. The second kappa shape index (κ2) is 6.54. The van der Waals surface area contributed by atoms with E-state index in [4.69, 9.17) is 9.52 Å². The third kappa shape index (κ3) is 3.44. The van der Waals surface area contributed by atoms with Gasteiger partial charge in [-0.25, -0.2) is 9.78 Å². The second-order valence-corrected chi connectivity index (χ2v) is 6.40. The summed E-state index contributed by atoms with van der Waals surface area (Å²) in [5.41, 5.74) is 0.303. The number of amides is 1. The molecular weight excluding hydrogens is 316 g/mol. The number of carbonyl (C=O) groups excluding carboxylic acids is 1. The molecule has 0 aliphatic carbocycles. The number of nitrogens with zero attached hydrogens (tertiary/aromatic N) is 1. The number of thiazole rings is 1. The molecule has 1 amide bonds. The molecule has 1 atom stereocenters. The van der Waals surface area contributed by atoms with Crippen molar-refractivity contribution in [3.8, 4) is 0 Å². The van der Waals surface area contributed by atoms with Crippen LogP contribution in [0.15, 0.2) is 15.9 Å². The molecule has 124 valence electrons. The first-order valence-electron chi connectivity index (χ1n) is 7.41. The molecule has 2 heterocycles. The molecular formula is C16H20N2O4S. The average molecular weight is 336 g/mol. The fourth-order valence-corrected chi connectivity index (χ4v) is 3.18. The molecule has 23 heavy (non-hydrogen) atoms. The molecule has 0 saturated heterocycles. The number of carbonyl (C=O) groups is 2. The quantitative estimate of drug-likeness (QED) is 0.844. The predicted octanol–water partition coefficient (Wildman–Crippen LogP) is 3.36. The highest BCUT2D eigenvalue weighted by atomic mass is 32.1. The highest BCUT2D eigenvalue weighted by Gasteiger charge is 2.31. The van der Waals surface area contributed by atoms with Gasteiger partial charge in [0.25, 0.3) is 5.91 Å². The Morgan fingerprint density at radius 2 is 2.13 bits per heavy atom. The van der Waals surface area contributed by atoms with Crippen LogP contribution in [0, 0.1) is 6.92 Å². The van der Waals surface area contributed by atoms with Gasteiger partial charge in [0.15, 0.2) is 5.76 Å². The van der Waals surface area contributed by atoms with Gasteiger partial charge in [-0.3, -0.25) is 4.79 Å². The SMILES string of the molecule is CCc1oc(C(=O)NC(C)(CC)c2nc(C)cs2)cc1C(=O)O. The van der Waals surface area contributed by atoms with Crippen LogP contribution in [-0.2, 0) is 12.0 Å². The van der Waals surface area contributed by atoms with Crippen LogP contribution in [0.25, 0.3) is 0 Å². The smallest absolute Gasteiger partial charge is 0.339 e. The number of furan rings is 1. The van der Waals surface area contributed by atoms with Crippen molar-refractivity contribution in [2.24, 2.45) is 0 Å². The summed E-state index contributed by atoms with van der Waals surface area (Å²) in [4.78, 5) is 28.1.